The molecule has 0 radical (unpaired) electrons. The van der Waals surface area contributed by atoms with Crippen LogP contribution in [0.4, 0.5) is 0 Å². The lowest BCUT2D eigenvalue weighted by Gasteiger charge is -2.28. The van der Waals surface area contributed by atoms with Gasteiger partial charge in [-0.2, -0.15) is 0 Å². The Morgan fingerprint density at radius 1 is 1.00 bits per heavy atom. The van der Waals surface area contributed by atoms with Crippen molar-refractivity contribution < 1.29 is 13.2 Å². The van der Waals surface area contributed by atoms with Crippen molar-refractivity contribution in [1.29, 1.82) is 0 Å². The summed E-state index contributed by atoms with van der Waals surface area (Å²) in [5, 5.41) is 0. The number of aromatic nitrogens is 1. The van der Waals surface area contributed by atoms with Crippen molar-refractivity contribution in [2.24, 2.45) is 13.0 Å². The highest BCUT2D eigenvalue weighted by atomic mass is 32.2. The van der Waals surface area contributed by atoms with Crippen LogP contribution in [0.3, 0.4) is 0 Å². The molecule has 3 rings (SSSR count). The molecule has 6 nitrogen and oxygen atoms in total. The monoisotopic (exact) mass is 395 g/mol. The van der Waals surface area contributed by atoms with Gasteiger partial charge < -0.3 is 9.47 Å². The first kappa shape index (κ1) is 20.4. The smallest absolute Gasteiger partial charge is 0.257 e. The molecular weight excluding hydrogens is 362 g/mol. The van der Waals surface area contributed by atoms with Crippen LogP contribution in [-0.4, -0.2) is 42.9 Å². The zero-order valence-electron chi connectivity index (χ0n) is 17.0. The summed E-state index contributed by atoms with van der Waals surface area (Å²) in [7, 11) is -1.91. The van der Waals surface area contributed by atoms with Gasteiger partial charge in [-0.1, -0.05) is 6.92 Å². The molecule has 0 aromatic carbocycles. The predicted molar refractivity (Wildman–Crippen MR) is 106 cm³/mol. The third kappa shape index (κ3) is 4.09. The van der Waals surface area contributed by atoms with Crippen molar-refractivity contribution in [3.05, 3.63) is 17.0 Å². The second-order valence-electron chi connectivity index (χ2n) is 8.36. The highest BCUT2D eigenvalue weighted by molar-refractivity contribution is 7.89. The van der Waals surface area contributed by atoms with Crippen LogP contribution < -0.4 is 4.72 Å². The maximum atomic E-state index is 13.3. The van der Waals surface area contributed by atoms with Crippen molar-refractivity contribution in [2.45, 2.75) is 76.7 Å². The standard InChI is InChI=1S/C20H33N3O3S/c1-14-8-10-17(11-9-14)21-27(25,26)19-16(3)22(4)15(2)18(19)20(24)23-12-6-5-7-13-23/h14,17,21H,5-13H2,1-4H3. The molecule has 1 N–H and O–H groups in total. The summed E-state index contributed by atoms with van der Waals surface area (Å²) in [5.41, 5.74) is 1.71. The first-order valence-corrected chi connectivity index (χ1v) is 11.7. The lowest BCUT2D eigenvalue weighted by molar-refractivity contribution is 0.0719. The normalized spacial score (nSPS) is 24.2. The SMILES string of the molecule is Cc1c(C(=O)N2CCCCC2)c(S(=O)(=O)NC2CCC(C)CC2)c(C)n1C. The third-order valence-electron chi connectivity index (χ3n) is 6.39. The van der Waals surface area contributed by atoms with Gasteiger partial charge in [-0.25, -0.2) is 13.1 Å². The average Bonchev–Trinajstić information content (AvgIpc) is 2.88. The van der Waals surface area contributed by atoms with Crippen LogP contribution >= 0.6 is 0 Å². The molecule has 1 saturated carbocycles. The third-order valence-corrected chi connectivity index (χ3v) is 8.07. The molecule has 7 heteroatoms. The molecule has 1 aliphatic heterocycles. The number of rotatable bonds is 4. The lowest BCUT2D eigenvalue weighted by atomic mass is 9.88. The van der Waals surface area contributed by atoms with E-state index in [1.807, 2.05) is 23.4 Å². The van der Waals surface area contributed by atoms with Crippen molar-refractivity contribution in [3.63, 3.8) is 0 Å². The van der Waals surface area contributed by atoms with E-state index in [0.717, 1.165) is 50.6 Å². The molecule has 0 unspecified atom stereocenters. The summed E-state index contributed by atoms with van der Waals surface area (Å²) in [6.07, 6.45) is 6.90. The number of carbonyl (C=O) groups is 1. The first-order valence-electron chi connectivity index (χ1n) is 10.2. The molecule has 1 aromatic rings. The Balaban J connectivity index is 1.94. The predicted octanol–water partition coefficient (Wildman–Crippen LogP) is 3.13. The Morgan fingerprint density at radius 2 is 1.59 bits per heavy atom. The van der Waals surface area contributed by atoms with Crippen molar-refractivity contribution in [2.75, 3.05) is 13.1 Å². The van der Waals surface area contributed by atoms with Crippen LogP contribution in [0.5, 0.6) is 0 Å². The molecule has 27 heavy (non-hydrogen) atoms. The maximum absolute atomic E-state index is 13.3. The Kier molecular flexibility index (Phi) is 6.01. The van der Waals surface area contributed by atoms with Crippen LogP contribution in [0.1, 0.15) is 73.6 Å². The highest BCUT2D eigenvalue weighted by Crippen LogP contribution is 2.30. The number of nitrogens with zero attached hydrogens (tertiary/aromatic N) is 2. The van der Waals surface area contributed by atoms with Gasteiger partial charge in [0.25, 0.3) is 5.91 Å². The molecule has 152 valence electrons. The summed E-state index contributed by atoms with van der Waals surface area (Å²) in [4.78, 5) is 15.2. The van der Waals surface area contributed by atoms with Crippen molar-refractivity contribution >= 4 is 15.9 Å². The fourth-order valence-electron chi connectivity index (χ4n) is 4.41. The topological polar surface area (TPSA) is 71.4 Å². The van der Waals surface area contributed by atoms with Gasteiger partial charge in [-0.3, -0.25) is 4.79 Å². The molecule has 0 bridgehead atoms. The molecule has 1 amide bonds. The summed E-state index contributed by atoms with van der Waals surface area (Å²) >= 11 is 0. The summed E-state index contributed by atoms with van der Waals surface area (Å²) in [5.74, 6) is 0.510. The second kappa shape index (κ2) is 7.95. The number of piperidine rings is 1. The maximum Gasteiger partial charge on any atom is 0.257 e. The van der Waals surface area contributed by atoms with E-state index >= 15 is 0 Å². The fourth-order valence-corrected chi connectivity index (χ4v) is 6.23. The summed E-state index contributed by atoms with van der Waals surface area (Å²) < 4.78 is 31.3. The van der Waals surface area contributed by atoms with Gasteiger partial charge in [0.05, 0.1) is 5.56 Å². The van der Waals surface area contributed by atoms with Crippen molar-refractivity contribution in [1.82, 2.24) is 14.2 Å². The Morgan fingerprint density at radius 3 is 2.19 bits per heavy atom. The Bertz CT molecular complexity index is 799. The van der Waals surface area contributed by atoms with E-state index in [4.69, 9.17) is 0 Å². The van der Waals surface area contributed by atoms with E-state index in [-0.39, 0.29) is 16.8 Å². The molecular formula is C20H33N3O3S. The van der Waals surface area contributed by atoms with Gasteiger partial charge in [0.2, 0.25) is 10.0 Å². The fraction of sp³-hybridized carbons (Fsp3) is 0.750. The molecule has 0 spiro atoms. The zero-order valence-corrected chi connectivity index (χ0v) is 17.9. The first-order chi connectivity index (χ1) is 12.7. The van der Waals surface area contributed by atoms with Gasteiger partial charge in [0.15, 0.2) is 0 Å². The van der Waals surface area contributed by atoms with Gasteiger partial charge >= 0.3 is 0 Å². The number of amides is 1. The van der Waals surface area contributed by atoms with E-state index in [0.29, 0.717) is 30.3 Å². The molecule has 1 aromatic heterocycles. The number of likely N-dealkylation sites (tertiary alicyclic amines) is 1. The van der Waals surface area contributed by atoms with Crippen molar-refractivity contribution in [3.8, 4) is 0 Å². The van der Waals surface area contributed by atoms with Gasteiger partial charge in [-0.15, -0.1) is 0 Å². The molecule has 2 heterocycles. The Labute approximate surface area is 163 Å². The van der Waals surface area contributed by atoms with Crippen LogP contribution in [0, 0.1) is 19.8 Å². The molecule has 1 saturated heterocycles. The minimum atomic E-state index is -3.74. The number of hydrogen-bond donors (Lipinski definition) is 1. The molecule has 0 atom stereocenters. The van der Waals surface area contributed by atoms with Gasteiger partial charge in [-0.05, 0) is 64.7 Å². The average molecular weight is 396 g/mol. The van der Waals surface area contributed by atoms with Crippen LogP contribution in [0.25, 0.3) is 0 Å². The molecule has 1 aliphatic carbocycles. The number of sulfonamides is 1. The zero-order chi connectivity index (χ0) is 19.8. The van der Waals surface area contributed by atoms with Gasteiger partial charge in [0.1, 0.15) is 4.90 Å². The van der Waals surface area contributed by atoms with E-state index in [2.05, 4.69) is 11.6 Å². The lowest BCUT2D eigenvalue weighted by Crippen LogP contribution is -2.40. The number of hydrogen-bond acceptors (Lipinski definition) is 3. The van der Waals surface area contributed by atoms with E-state index < -0.39 is 10.0 Å². The van der Waals surface area contributed by atoms with Crippen LogP contribution in [-0.2, 0) is 17.1 Å². The van der Waals surface area contributed by atoms with Crippen LogP contribution in [0.15, 0.2) is 4.90 Å². The number of carbonyl (C=O) groups excluding carboxylic acids is 1. The largest absolute Gasteiger partial charge is 0.350 e. The van der Waals surface area contributed by atoms with E-state index in [1.54, 1.807) is 6.92 Å². The minimum absolute atomic E-state index is 0.0379. The summed E-state index contributed by atoms with van der Waals surface area (Å²) in [6.45, 7) is 7.26. The number of nitrogens with one attached hydrogen (secondary N) is 1. The Hall–Kier alpha value is -1.34. The van der Waals surface area contributed by atoms with Crippen LogP contribution in [0.2, 0.25) is 0 Å². The molecule has 2 fully saturated rings. The quantitative estimate of drug-likeness (QED) is 0.851. The highest BCUT2D eigenvalue weighted by Gasteiger charge is 2.34. The molecule has 2 aliphatic rings. The van der Waals surface area contributed by atoms with Gasteiger partial charge in [0, 0.05) is 37.6 Å². The minimum Gasteiger partial charge on any atom is -0.350 e. The summed E-state index contributed by atoms with van der Waals surface area (Å²) in [6, 6.07) is -0.0379. The second-order valence-corrected chi connectivity index (χ2v) is 10.0. The van der Waals surface area contributed by atoms with E-state index in [9.17, 15) is 13.2 Å². The van der Waals surface area contributed by atoms with E-state index in [1.165, 1.54) is 0 Å².